The van der Waals surface area contributed by atoms with Gasteiger partial charge < -0.3 is 9.47 Å². The van der Waals surface area contributed by atoms with Crippen molar-refractivity contribution in [2.75, 3.05) is 13.2 Å². The molecule has 0 radical (unpaired) electrons. The Balaban J connectivity index is 1.45. The molecule has 1 N–H and O–H groups in total. The molecule has 7 heteroatoms. The van der Waals surface area contributed by atoms with E-state index in [4.69, 9.17) is 21.1 Å². The Labute approximate surface area is 161 Å². The number of benzene rings is 2. The van der Waals surface area contributed by atoms with Crippen molar-refractivity contribution in [2.24, 2.45) is 0 Å². The van der Waals surface area contributed by atoms with Crippen LogP contribution in [-0.2, 0) is 12.2 Å². The fourth-order valence-corrected chi connectivity index (χ4v) is 3.75. The van der Waals surface area contributed by atoms with Crippen molar-refractivity contribution in [2.45, 2.75) is 24.3 Å². The van der Waals surface area contributed by atoms with Gasteiger partial charge in [0.25, 0.3) is 0 Å². The molecule has 3 aromatic rings. The van der Waals surface area contributed by atoms with E-state index in [9.17, 15) is 0 Å². The zero-order valence-corrected chi connectivity index (χ0v) is 15.9. The number of rotatable bonds is 5. The maximum atomic E-state index is 6.29. The highest BCUT2D eigenvalue weighted by Crippen LogP contribution is 2.39. The highest BCUT2D eigenvalue weighted by molar-refractivity contribution is 7.98. The summed E-state index contributed by atoms with van der Waals surface area (Å²) in [4.78, 5) is 4.57. The van der Waals surface area contributed by atoms with Gasteiger partial charge in [-0.15, -0.1) is 5.10 Å². The van der Waals surface area contributed by atoms with Crippen molar-refractivity contribution in [3.8, 4) is 22.9 Å². The minimum absolute atomic E-state index is 0.528. The molecule has 1 aromatic heterocycles. The molecule has 26 heavy (non-hydrogen) atoms. The molecule has 1 aliphatic heterocycles. The largest absolute Gasteiger partial charge is 0.486 e. The average molecular weight is 388 g/mol. The van der Waals surface area contributed by atoms with Crippen LogP contribution in [0.3, 0.4) is 0 Å². The molecule has 5 nitrogen and oxygen atoms in total. The van der Waals surface area contributed by atoms with Crippen LogP contribution >= 0.6 is 23.4 Å². The second-order valence-electron chi connectivity index (χ2n) is 5.91. The molecular weight excluding hydrogens is 370 g/mol. The van der Waals surface area contributed by atoms with Gasteiger partial charge in [-0.3, -0.25) is 5.10 Å². The number of nitrogens with one attached hydrogen (secondary N) is 1. The lowest BCUT2D eigenvalue weighted by molar-refractivity contribution is 0.171. The second kappa shape index (κ2) is 7.60. The molecule has 0 spiro atoms. The van der Waals surface area contributed by atoms with Crippen LogP contribution in [0.5, 0.6) is 11.5 Å². The van der Waals surface area contributed by atoms with Crippen LogP contribution in [0.15, 0.2) is 41.6 Å². The van der Waals surface area contributed by atoms with Crippen LogP contribution in [0.1, 0.15) is 18.1 Å². The molecule has 4 rings (SSSR count). The summed E-state index contributed by atoms with van der Waals surface area (Å²) in [6, 6.07) is 12.2. The lowest BCUT2D eigenvalue weighted by Gasteiger charge is -2.20. The number of thioether (sulfide) groups is 1. The number of nitrogens with zero attached hydrogens (tertiary/aromatic N) is 2. The number of aromatic nitrogens is 3. The molecule has 0 unspecified atom stereocenters. The fourth-order valence-electron chi connectivity index (χ4n) is 2.73. The quantitative estimate of drug-likeness (QED) is 0.640. The van der Waals surface area contributed by atoms with E-state index in [-0.39, 0.29) is 0 Å². The summed E-state index contributed by atoms with van der Waals surface area (Å²) in [6.07, 6.45) is 1.02. The van der Waals surface area contributed by atoms with Crippen molar-refractivity contribution in [1.29, 1.82) is 0 Å². The number of ether oxygens (including phenoxy) is 2. The highest BCUT2D eigenvalue weighted by atomic mass is 35.5. The van der Waals surface area contributed by atoms with Gasteiger partial charge in [-0.1, -0.05) is 54.6 Å². The predicted molar refractivity (Wildman–Crippen MR) is 103 cm³/mol. The summed E-state index contributed by atoms with van der Waals surface area (Å²) < 4.78 is 11.2. The molecule has 0 saturated heterocycles. The Hall–Kier alpha value is -2.18. The number of H-pyrrole nitrogens is 1. The first-order valence-corrected chi connectivity index (χ1v) is 9.82. The van der Waals surface area contributed by atoms with Gasteiger partial charge in [0.2, 0.25) is 5.16 Å². The summed E-state index contributed by atoms with van der Waals surface area (Å²) >= 11 is 7.83. The summed E-state index contributed by atoms with van der Waals surface area (Å²) in [7, 11) is 0. The molecule has 0 aliphatic carbocycles. The Morgan fingerprint density at radius 1 is 1.12 bits per heavy atom. The van der Waals surface area contributed by atoms with E-state index >= 15 is 0 Å². The van der Waals surface area contributed by atoms with Crippen molar-refractivity contribution < 1.29 is 9.47 Å². The lowest BCUT2D eigenvalue weighted by Crippen LogP contribution is -2.15. The number of aryl methyl sites for hydroxylation is 1. The maximum absolute atomic E-state index is 6.29. The van der Waals surface area contributed by atoms with E-state index in [1.54, 1.807) is 11.8 Å². The van der Waals surface area contributed by atoms with Gasteiger partial charge >= 0.3 is 0 Å². The lowest BCUT2D eigenvalue weighted by atomic mass is 10.1. The van der Waals surface area contributed by atoms with Crippen LogP contribution < -0.4 is 9.47 Å². The topological polar surface area (TPSA) is 60.0 Å². The smallest absolute Gasteiger partial charge is 0.209 e. The van der Waals surface area contributed by atoms with Gasteiger partial charge in [-0.25, -0.2) is 4.98 Å². The number of fused-ring (bicyclic) bond motifs is 1. The third-order valence-electron chi connectivity index (χ3n) is 4.13. The second-order valence-corrected chi connectivity index (χ2v) is 7.26. The molecule has 134 valence electrons. The Morgan fingerprint density at radius 3 is 2.73 bits per heavy atom. The van der Waals surface area contributed by atoms with Crippen molar-refractivity contribution >= 4 is 23.4 Å². The van der Waals surface area contributed by atoms with Crippen molar-refractivity contribution in [3.05, 3.63) is 52.5 Å². The predicted octanol–water partition coefficient (Wildman–Crippen LogP) is 4.75. The van der Waals surface area contributed by atoms with Gasteiger partial charge in [0.1, 0.15) is 13.2 Å². The molecule has 0 fully saturated rings. The van der Waals surface area contributed by atoms with Crippen LogP contribution in [0, 0.1) is 0 Å². The third-order valence-corrected chi connectivity index (χ3v) is 5.32. The van der Waals surface area contributed by atoms with Crippen LogP contribution in [-0.4, -0.2) is 28.4 Å². The summed E-state index contributed by atoms with van der Waals surface area (Å²) in [5.41, 5.74) is 3.38. The Morgan fingerprint density at radius 2 is 1.92 bits per heavy atom. The minimum atomic E-state index is 0.528. The summed E-state index contributed by atoms with van der Waals surface area (Å²) in [5.74, 6) is 2.80. The maximum Gasteiger partial charge on any atom is 0.209 e. The molecule has 0 bridgehead atoms. The van der Waals surface area contributed by atoms with E-state index in [0.717, 1.165) is 23.4 Å². The van der Waals surface area contributed by atoms with E-state index < -0.39 is 0 Å². The molecule has 0 atom stereocenters. The molecule has 0 saturated carbocycles. The normalized spacial score (nSPS) is 13.0. The van der Waals surface area contributed by atoms with Crippen molar-refractivity contribution in [1.82, 2.24) is 15.2 Å². The van der Waals surface area contributed by atoms with E-state index in [1.807, 2.05) is 12.1 Å². The Kier molecular flexibility index (Phi) is 5.04. The first-order valence-electron chi connectivity index (χ1n) is 8.45. The molecule has 2 aromatic carbocycles. The van der Waals surface area contributed by atoms with Gasteiger partial charge in [0.05, 0.1) is 5.02 Å². The van der Waals surface area contributed by atoms with Gasteiger partial charge in [0, 0.05) is 11.3 Å². The van der Waals surface area contributed by atoms with Crippen LogP contribution in [0.25, 0.3) is 11.4 Å². The minimum Gasteiger partial charge on any atom is -0.486 e. The van der Waals surface area contributed by atoms with Gasteiger partial charge in [0.15, 0.2) is 17.3 Å². The van der Waals surface area contributed by atoms with E-state index in [2.05, 4.69) is 46.4 Å². The van der Waals surface area contributed by atoms with Crippen molar-refractivity contribution in [3.63, 3.8) is 0 Å². The van der Waals surface area contributed by atoms with Gasteiger partial charge in [-0.05, 0) is 29.7 Å². The monoisotopic (exact) mass is 387 g/mol. The van der Waals surface area contributed by atoms with Crippen LogP contribution in [0.2, 0.25) is 5.02 Å². The number of hydrogen-bond acceptors (Lipinski definition) is 5. The van der Waals surface area contributed by atoms with Crippen LogP contribution in [0.4, 0.5) is 0 Å². The molecule has 2 heterocycles. The Bertz CT molecular complexity index is 912. The fraction of sp³-hybridized carbons (Fsp3) is 0.263. The number of halogens is 1. The average Bonchev–Trinajstić information content (AvgIpc) is 3.15. The SMILES string of the molecule is CCc1ccc(-c2nc(SCc3cc(Cl)c4c(c3)OCCO4)n[nH]2)cc1. The summed E-state index contributed by atoms with van der Waals surface area (Å²) in [6.45, 7) is 3.21. The molecule has 0 amide bonds. The van der Waals surface area contributed by atoms with E-state index in [1.165, 1.54) is 5.56 Å². The highest BCUT2D eigenvalue weighted by Gasteiger charge is 2.17. The third kappa shape index (κ3) is 3.66. The zero-order valence-electron chi connectivity index (χ0n) is 14.3. The first kappa shape index (κ1) is 17.2. The first-order chi connectivity index (χ1) is 12.7. The molecular formula is C19H18ClN3O2S. The zero-order chi connectivity index (χ0) is 17.9. The van der Waals surface area contributed by atoms with Gasteiger partial charge in [-0.2, -0.15) is 0 Å². The number of aromatic amines is 1. The van der Waals surface area contributed by atoms with E-state index in [0.29, 0.717) is 40.6 Å². The number of hydrogen-bond donors (Lipinski definition) is 1. The molecule has 1 aliphatic rings. The standard InChI is InChI=1S/C19H18ClN3O2S/c1-2-12-3-5-14(6-4-12)18-21-19(23-22-18)26-11-13-9-15(20)17-16(10-13)24-7-8-25-17/h3-6,9-10H,2,7-8,11H2,1H3,(H,21,22,23). The summed E-state index contributed by atoms with van der Waals surface area (Å²) in [5, 5.41) is 8.58.